The summed E-state index contributed by atoms with van der Waals surface area (Å²) in [6.07, 6.45) is 0. The van der Waals surface area contributed by atoms with Crippen molar-refractivity contribution in [1.82, 2.24) is 0 Å². The SMILES string of the molecule is Bc1c(B)c(N(c2ccc(-c3c(-c4ccccc4)c4ccccc4c4ccccc34)cc2)c2cc3ccccc3c3ccccc23)c(B)c(B)c1-c1cccc2c1sc1ccccc12. The fourth-order valence-corrected chi connectivity index (χ4v) is 11.9. The van der Waals surface area contributed by atoms with Crippen LogP contribution >= 0.6 is 11.3 Å². The van der Waals surface area contributed by atoms with Crippen molar-refractivity contribution in [2.45, 2.75) is 0 Å². The topological polar surface area (TPSA) is 3.24 Å². The summed E-state index contributed by atoms with van der Waals surface area (Å²) in [5, 5.41) is 12.7. The van der Waals surface area contributed by atoms with Crippen molar-refractivity contribution in [3.8, 4) is 33.4 Å². The number of fused-ring (bicyclic) bond motifs is 9. The van der Waals surface area contributed by atoms with Crippen LogP contribution in [0.3, 0.4) is 0 Å². The Morgan fingerprint density at radius 2 is 0.828 bits per heavy atom. The van der Waals surface area contributed by atoms with E-state index in [9.17, 15) is 0 Å². The van der Waals surface area contributed by atoms with Crippen LogP contribution in [-0.2, 0) is 0 Å². The molecule has 0 saturated carbocycles. The van der Waals surface area contributed by atoms with Gasteiger partial charge in [0.05, 0.1) is 5.69 Å². The molecule has 0 aliphatic carbocycles. The molecule has 0 radical (unpaired) electrons. The Morgan fingerprint density at radius 3 is 1.47 bits per heavy atom. The monoisotopic (exact) mass is 827 g/mol. The minimum Gasteiger partial charge on any atom is -0.311 e. The molecule has 0 atom stereocenters. The van der Waals surface area contributed by atoms with Gasteiger partial charge in [0.2, 0.25) is 0 Å². The fraction of sp³-hybridized carbons (Fsp3) is 0. The standard InChI is InChI=1S/C58H41B4NS/c59-53-52(47-27-14-26-46-43-23-12-13-28-49(43)64-58(46)47)54(60)56(62)57(55(53)61)63(48-33-36-17-4-5-18-38(36)39-19-6-9-22-42(39)48)37-31-29-35(30-32-37)51-45-25-11-8-21-41(45)40-20-7-10-24-44(40)50(51)34-15-2-1-3-16-34/h1-33H,59-62H2. The third kappa shape index (κ3) is 5.90. The van der Waals surface area contributed by atoms with Gasteiger partial charge < -0.3 is 4.90 Å². The van der Waals surface area contributed by atoms with Crippen molar-refractivity contribution in [2.24, 2.45) is 0 Å². The molecular formula is C58H41B4NS. The minimum atomic E-state index is 1.12. The highest BCUT2D eigenvalue weighted by molar-refractivity contribution is 7.26. The summed E-state index contributed by atoms with van der Waals surface area (Å²) in [5.41, 5.74) is 16.3. The van der Waals surface area contributed by atoms with E-state index in [2.05, 4.69) is 236 Å². The third-order valence-corrected chi connectivity index (χ3v) is 15.1. The zero-order chi connectivity index (χ0) is 43.1. The molecule has 0 saturated heterocycles. The van der Waals surface area contributed by atoms with Crippen LogP contribution in [0, 0.1) is 0 Å². The van der Waals surface area contributed by atoms with Crippen LogP contribution in [0.2, 0.25) is 0 Å². The maximum atomic E-state index is 2.56. The number of hydrogen-bond acceptors (Lipinski definition) is 2. The van der Waals surface area contributed by atoms with Crippen LogP contribution in [0.25, 0.3) is 96.6 Å². The molecule has 0 unspecified atom stereocenters. The fourth-order valence-electron chi connectivity index (χ4n) is 10.7. The van der Waals surface area contributed by atoms with Crippen molar-refractivity contribution in [1.29, 1.82) is 0 Å². The van der Waals surface area contributed by atoms with E-state index in [1.165, 1.54) is 130 Å². The highest BCUT2D eigenvalue weighted by Gasteiger charge is 2.26. The van der Waals surface area contributed by atoms with Gasteiger partial charge in [0, 0.05) is 36.9 Å². The van der Waals surface area contributed by atoms with Crippen LogP contribution < -0.4 is 26.8 Å². The molecule has 0 aliphatic rings. The molecule has 11 aromatic carbocycles. The number of nitrogens with zero attached hydrogens (tertiary/aromatic N) is 1. The molecule has 0 aliphatic heterocycles. The Labute approximate surface area is 381 Å². The number of rotatable bonds is 6. The molecule has 0 amide bonds. The van der Waals surface area contributed by atoms with E-state index in [0.717, 1.165) is 5.69 Å². The molecule has 1 heterocycles. The Balaban J connectivity index is 1.12. The highest BCUT2D eigenvalue weighted by Crippen LogP contribution is 2.47. The van der Waals surface area contributed by atoms with E-state index in [1.807, 2.05) is 11.3 Å². The van der Waals surface area contributed by atoms with Gasteiger partial charge in [-0.2, -0.15) is 0 Å². The Hall–Kier alpha value is -7.26. The molecule has 296 valence electrons. The molecule has 1 nitrogen and oxygen atoms in total. The summed E-state index contributed by atoms with van der Waals surface area (Å²) in [6, 6.07) is 74.0. The number of thiophene rings is 1. The minimum absolute atomic E-state index is 1.12. The Bertz CT molecular complexity index is 3810. The van der Waals surface area contributed by atoms with E-state index in [4.69, 9.17) is 0 Å². The molecule has 0 bridgehead atoms. The van der Waals surface area contributed by atoms with E-state index >= 15 is 0 Å². The van der Waals surface area contributed by atoms with Crippen LogP contribution in [0.5, 0.6) is 0 Å². The Morgan fingerprint density at radius 1 is 0.344 bits per heavy atom. The van der Waals surface area contributed by atoms with Crippen molar-refractivity contribution < 1.29 is 0 Å². The zero-order valence-electron chi connectivity index (χ0n) is 36.4. The normalized spacial score (nSPS) is 11.7. The molecule has 0 N–H and O–H groups in total. The summed E-state index contributed by atoms with van der Waals surface area (Å²) in [7, 11) is 9.35. The summed E-state index contributed by atoms with van der Waals surface area (Å²) >= 11 is 1.91. The van der Waals surface area contributed by atoms with E-state index < -0.39 is 0 Å². The molecule has 6 heteroatoms. The highest BCUT2D eigenvalue weighted by atomic mass is 32.1. The third-order valence-electron chi connectivity index (χ3n) is 13.9. The average molecular weight is 827 g/mol. The first-order valence-electron chi connectivity index (χ1n) is 22.3. The lowest BCUT2D eigenvalue weighted by Gasteiger charge is -2.34. The smallest absolute Gasteiger partial charge is 0.141 e. The predicted molar refractivity (Wildman–Crippen MR) is 293 cm³/mol. The summed E-state index contributed by atoms with van der Waals surface area (Å²) in [6.45, 7) is 0. The lowest BCUT2D eigenvalue weighted by molar-refractivity contribution is 1.33. The summed E-state index contributed by atoms with van der Waals surface area (Å²) in [5.74, 6) is 0. The Kier molecular flexibility index (Phi) is 9.14. The first-order valence-corrected chi connectivity index (χ1v) is 23.1. The van der Waals surface area contributed by atoms with Gasteiger partial charge in [-0.3, -0.25) is 0 Å². The molecule has 0 spiro atoms. The quantitative estimate of drug-likeness (QED) is 0.119. The zero-order valence-corrected chi connectivity index (χ0v) is 37.2. The number of benzene rings is 11. The molecule has 1 aromatic heterocycles. The first-order chi connectivity index (χ1) is 31.5. The van der Waals surface area contributed by atoms with Gasteiger partial charge in [0.1, 0.15) is 31.4 Å². The largest absolute Gasteiger partial charge is 0.311 e. The van der Waals surface area contributed by atoms with Crippen molar-refractivity contribution >= 4 is 145 Å². The molecule has 0 fully saturated rings. The van der Waals surface area contributed by atoms with Gasteiger partial charge in [-0.15, -0.1) is 11.3 Å². The van der Waals surface area contributed by atoms with Crippen LogP contribution in [-0.4, -0.2) is 31.4 Å². The van der Waals surface area contributed by atoms with Crippen LogP contribution in [0.1, 0.15) is 0 Å². The second-order valence-corrected chi connectivity index (χ2v) is 18.3. The first kappa shape index (κ1) is 38.4. The van der Waals surface area contributed by atoms with Gasteiger partial charge in [0.25, 0.3) is 0 Å². The lowest BCUT2D eigenvalue weighted by Crippen LogP contribution is -2.46. The van der Waals surface area contributed by atoms with Crippen molar-refractivity contribution in [2.75, 3.05) is 4.90 Å². The second-order valence-electron chi connectivity index (χ2n) is 17.3. The summed E-state index contributed by atoms with van der Waals surface area (Å²) < 4.78 is 2.68. The molecule has 12 rings (SSSR count). The van der Waals surface area contributed by atoms with E-state index in [1.54, 1.807) is 0 Å². The van der Waals surface area contributed by atoms with Crippen LogP contribution in [0.15, 0.2) is 200 Å². The van der Waals surface area contributed by atoms with Gasteiger partial charge in [-0.05, 0) is 95.3 Å². The van der Waals surface area contributed by atoms with Gasteiger partial charge in [0.15, 0.2) is 0 Å². The molecule has 64 heavy (non-hydrogen) atoms. The van der Waals surface area contributed by atoms with E-state index in [-0.39, 0.29) is 0 Å². The molecular weight excluding hydrogens is 786 g/mol. The maximum absolute atomic E-state index is 2.56. The van der Waals surface area contributed by atoms with Gasteiger partial charge in [-0.25, -0.2) is 0 Å². The lowest BCUT2D eigenvalue weighted by atomic mass is 9.64. The summed E-state index contributed by atoms with van der Waals surface area (Å²) in [4.78, 5) is 2.56. The number of anilines is 3. The van der Waals surface area contributed by atoms with Gasteiger partial charge >= 0.3 is 0 Å². The van der Waals surface area contributed by atoms with E-state index in [0.29, 0.717) is 0 Å². The maximum Gasteiger partial charge on any atom is 0.141 e. The average Bonchev–Trinajstić information content (AvgIpc) is 3.74. The molecule has 12 aromatic rings. The predicted octanol–water partition coefficient (Wildman–Crippen LogP) is 10.2. The number of hydrogen-bond donors (Lipinski definition) is 0. The van der Waals surface area contributed by atoms with Crippen LogP contribution in [0.4, 0.5) is 17.1 Å². The second kappa shape index (κ2) is 15.2. The van der Waals surface area contributed by atoms with Gasteiger partial charge in [-0.1, -0.05) is 198 Å². The van der Waals surface area contributed by atoms with Crippen molar-refractivity contribution in [3.05, 3.63) is 200 Å². The van der Waals surface area contributed by atoms with Crippen molar-refractivity contribution in [3.63, 3.8) is 0 Å².